The molecule has 5 nitrogen and oxygen atoms in total. The second-order valence-electron chi connectivity index (χ2n) is 6.98. The van der Waals surface area contributed by atoms with Gasteiger partial charge in [-0.2, -0.15) is 0 Å². The van der Waals surface area contributed by atoms with Gasteiger partial charge < -0.3 is 9.64 Å². The maximum absolute atomic E-state index is 12.8. The third-order valence-electron chi connectivity index (χ3n) is 4.90. The van der Waals surface area contributed by atoms with E-state index in [9.17, 15) is 9.59 Å². The number of aryl methyl sites for hydroxylation is 1. The molecule has 0 aliphatic carbocycles. The summed E-state index contributed by atoms with van der Waals surface area (Å²) in [5.41, 5.74) is 3.51. The predicted molar refractivity (Wildman–Crippen MR) is 105 cm³/mol. The summed E-state index contributed by atoms with van der Waals surface area (Å²) in [5.74, 6) is -0.212. The Hall–Kier alpha value is -2.66. The molecular formula is C22H26N2O3. The number of ether oxygens (including phenoxy) is 1. The number of rotatable bonds is 4. The minimum atomic E-state index is -0.317. The number of nitrogens with zero attached hydrogens (tertiary/aromatic N) is 2. The van der Waals surface area contributed by atoms with Gasteiger partial charge in [-0.15, -0.1) is 0 Å². The summed E-state index contributed by atoms with van der Waals surface area (Å²) in [6, 6.07) is 15.3. The first-order valence-corrected chi connectivity index (χ1v) is 9.32. The smallest absolute Gasteiger partial charge is 0.337 e. The minimum absolute atomic E-state index is 0.105. The molecule has 2 aromatic carbocycles. The number of benzene rings is 2. The van der Waals surface area contributed by atoms with E-state index in [1.807, 2.05) is 54.3 Å². The molecule has 1 aliphatic rings. The Kier molecular flexibility index (Phi) is 6.24. The molecule has 0 bridgehead atoms. The average Bonchev–Trinajstić information content (AvgIpc) is 2.92. The number of carbonyl (C=O) groups excluding carboxylic acids is 2. The van der Waals surface area contributed by atoms with Crippen molar-refractivity contribution in [1.82, 2.24) is 9.80 Å². The fourth-order valence-electron chi connectivity index (χ4n) is 3.47. The number of hydrogen-bond donors (Lipinski definition) is 0. The fraction of sp³-hybridized carbons (Fsp3) is 0.364. The lowest BCUT2D eigenvalue weighted by Crippen LogP contribution is -2.35. The number of methoxy groups -OCH3 is 1. The van der Waals surface area contributed by atoms with Crippen LogP contribution in [0, 0.1) is 6.92 Å². The van der Waals surface area contributed by atoms with Crippen molar-refractivity contribution in [3.8, 4) is 0 Å². The minimum Gasteiger partial charge on any atom is -0.465 e. The zero-order valence-corrected chi connectivity index (χ0v) is 16.0. The second-order valence-corrected chi connectivity index (χ2v) is 6.98. The van der Waals surface area contributed by atoms with Gasteiger partial charge in [-0.1, -0.05) is 29.8 Å². The van der Waals surface area contributed by atoms with E-state index in [1.54, 1.807) is 6.07 Å². The van der Waals surface area contributed by atoms with Crippen LogP contribution in [-0.4, -0.2) is 55.0 Å². The maximum atomic E-state index is 12.8. The maximum Gasteiger partial charge on any atom is 0.337 e. The van der Waals surface area contributed by atoms with Crippen LogP contribution >= 0.6 is 0 Å². The Morgan fingerprint density at radius 1 is 0.963 bits per heavy atom. The number of carbonyl (C=O) groups is 2. The molecule has 1 saturated heterocycles. The molecular weight excluding hydrogens is 340 g/mol. The molecule has 1 amide bonds. The van der Waals surface area contributed by atoms with Gasteiger partial charge in [0, 0.05) is 38.3 Å². The van der Waals surface area contributed by atoms with Gasteiger partial charge in [0.2, 0.25) is 0 Å². The topological polar surface area (TPSA) is 49.9 Å². The predicted octanol–water partition coefficient (Wildman–Crippen LogP) is 3.13. The molecule has 1 fully saturated rings. The molecule has 2 aromatic rings. The third-order valence-corrected chi connectivity index (χ3v) is 4.90. The van der Waals surface area contributed by atoms with Gasteiger partial charge in [-0.25, -0.2) is 4.79 Å². The molecule has 0 N–H and O–H groups in total. The average molecular weight is 366 g/mol. The van der Waals surface area contributed by atoms with Gasteiger partial charge in [0.25, 0.3) is 5.91 Å². The van der Waals surface area contributed by atoms with E-state index in [4.69, 9.17) is 4.74 Å². The Labute approximate surface area is 160 Å². The van der Waals surface area contributed by atoms with Gasteiger partial charge in [-0.05, 0) is 43.2 Å². The molecule has 27 heavy (non-hydrogen) atoms. The fourth-order valence-corrected chi connectivity index (χ4v) is 3.47. The van der Waals surface area contributed by atoms with E-state index in [2.05, 4.69) is 4.90 Å². The molecule has 3 rings (SSSR count). The van der Waals surface area contributed by atoms with Crippen molar-refractivity contribution in [2.75, 3.05) is 33.3 Å². The SMILES string of the molecule is COC(=O)c1cccc(CN2CCCN(C(=O)c3cccc(C)c3)CC2)c1. The normalized spacial score (nSPS) is 15.3. The number of esters is 1. The van der Waals surface area contributed by atoms with Crippen LogP contribution in [0.3, 0.4) is 0 Å². The monoisotopic (exact) mass is 366 g/mol. The van der Waals surface area contributed by atoms with Crippen molar-refractivity contribution in [2.45, 2.75) is 19.9 Å². The third kappa shape index (κ3) is 4.95. The second kappa shape index (κ2) is 8.82. The van der Waals surface area contributed by atoms with E-state index < -0.39 is 0 Å². The molecule has 0 unspecified atom stereocenters. The molecule has 1 heterocycles. The molecule has 142 valence electrons. The van der Waals surface area contributed by atoms with E-state index >= 15 is 0 Å². The first kappa shape index (κ1) is 19.1. The van der Waals surface area contributed by atoms with Crippen LogP contribution in [0.5, 0.6) is 0 Å². The highest BCUT2D eigenvalue weighted by atomic mass is 16.5. The van der Waals surface area contributed by atoms with Crippen LogP contribution in [0.4, 0.5) is 0 Å². The lowest BCUT2D eigenvalue weighted by Gasteiger charge is -2.22. The van der Waals surface area contributed by atoms with Crippen LogP contribution in [0.1, 0.15) is 38.3 Å². The van der Waals surface area contributed by atoms with Crippen molar-refractivity contribution in [3.05, 3.63) is 70.8 Å². The highest BCUT2D eigenvalue weighted by Gasteiger charge is 2.20. The lowest BCUT2D eigenvalue weighted by atomic mass is 10.1. The van der Waals surface area contributed by atoms with Crippen LogP contribution in [-0.2, 0) is 11.3 Å². The largest absolute Gasteiger partial charge is 0.465 e. The Bertz CT molecular complexity index is 819. The standard InChI is InChI=1S/C22H26N2O3/c1-17-6-3-8-19(14-17)21(25)24-11-5-10-23(12-13-24)16-18-7-4-9-20(15-18)22(26)27-2/h3-4,6-9,14-15H,5,10-13,16H2,1-2H3. The van der Waals surface area contributed by atoms with Crippen molar-refractivity contribution in [2.24, 2.45) is 0 Å². The quantitative estimate of drug-likeness (QED) is 0.780. The van der Waals surface area contributed by atoms with Gasteiger partial charge in [-0.3, -0.25) is 9.69 Å². The van der Waals surface area contributed by atoms with E-state index in [0.29, 0.717) is 12.1 Å². The van der Waals surface area contributed by atoms with Crippen LogP contribution < -0.4 is 0 Å². The zero-order chi connectivity index (χ0) is 19.2. The number of hydrogen-bond acceptors (Lipinski definition) is 4. The van der Waals surface area contributed by atoms with Crippen molar-refractivity contribution < 1.29 is 14.3 Å². The first-order chi connectivity index (χ1) is 13.1. The summed E-state index contributed by atoms with van der Waals surface area (Å²) in [6.07, 6.45) is 0.939. The molecule has 1 aliphatic heterocycles. The molecule has 0 spiro atoms. The summed E-state index contributed by atoms with van der Waals surface area (Å²) in [4.78, 5) is 28.8. The Balaban J connectivity index is 1.62. The molecule has 0 aromatic heterocycles. The van der Waals surface area contributed by atoms with Gasteiger partial charge in [0.05, 0.1) is 12.7 Å². The summed E-state index contributed by atoms with van der Waals surface area (Å²) in [5, 5.41) is 0. The lowest BCUT2D eigenvalue weighted by molar-refractivity contribution is 0.0600. The number of amides is 1. The Morgan fingerprint density at radius 2 is 1.74 bits per heavy atom. The first-order valence-electron chi connectivity index (χ1n) is 9.32. The zero-order valence-electron chi connectivity index (χ0n) is 16.0. The van der Waals surface area contributed by atoms with E-state index in [0.717, 1.165) is 49.3 Å². The summed E-state index contributed by atoms with van der Waals surface area (Å²) in [6.45, 7) is 6.00. The van der Waals surface area contributed by atoms with Gasteiger partial charge in [0.1, 0.15) is 0 Å². The van der Waals surface area contributed by atoms with Crippen molar-refractivity contribution in [3.63, 3.8) is 0 Å². The molecule has 0 saturated carbocycles. The van der Waals surface area contributed by atoms with Gasteiger partial charge in [0.15, 0.2) is 0 Å². The van der Waals surface area contributed by atoms with Crippen LogP contribution in [0.2, 0.25) is 0 Å². The van der Waals surface area contributed by atoms with Crippen molar-refractivity contribution in [1.29, 1.82) is 0 Å². The van der Waals surface area contributed by atoms with Crippen LogP contribution in [0.15, 0.2) is 48.5 Å². The summed E-state index contributed by atoms with van der Waals surface area (Å²) >= 11 is 0. The highest BCUT2D eigenvalue weighted by Crippen LogP contribution is 2.14. The molecule has 5 heteroatoms. The highest BCUT2D eigenvalue weighted by molar-refractivity contribution is 5.94. The van der Waals surface area contributed by atoms with E-state index in [-0.39, 0.29) is 11.9 Å². The van der Waals surface area contributed by atoms with Gasteiger partial charge >= 0.3 is 5.97 Å². The van der Waals surface area contributed by atoms with Crippen molar-refractivity contribution >= 4 is 11.9 Å². The summed E-state index contributed by atoms with van der Waals surface area (Å²) < 4.78 is 4.80. The molecule has 0 atom stereocenters. The Morgan fingerprint density at radius 3 is 2.52 bits per heavy atom. The van der Waals surface area contributed by atoms with E-state index in [1.165, 1.54) is 7.11 Å². The molecule has 0 radical (unpaired) electrons. The van der Waals surface area contributed by atoms with Crippen LogP contribution in [0.25, 0.3) is 0 Å². The summed E-state index contributed by atoms with van der Waals surface area (Å²) in [7, 11) is 1.39.